The molecule has 0 saturated heterocycles. The molecule has 1 aliphatic heterocycles. The van der Waals surface area contributed by atoms with Crippen LogP contribution < -0.4 is 25.3 Å². The quantitative estimate of drug-likeness (QED) is 0.846. The monoisotopic (exact) mass is 286 g/mol. The fourth-order valence-corrected chi connectivity index (χ4v) is 2.09. The Kier molecular flexibility index (Phi) is 3.27. The molecule has 0 atom stereocenters. The Morgan fingerprint density at radius 3 is 2.71 bits per heavy atom. The van der Waals surface area contributed by atoms with Crippen molar-refractivity contribution in [3.05, 3.63) is 42.0 Å². The topological polar surface area (TPSA) is 82.8 Å². The van der Waals surface area contributed by atoms with Crippen molar-refractivity contribution in [3.63, 3.8) is 0 Å². The van der Waals surface area contributed by atoms with Crippen LogP contribution in [0.1, 0.15) is 10.4 Å². The molecule has 6 heteroatoms. The van der Waals surface area contributed by atoms with Gasteiger partial charge in [-0.25, -0.2) is 0 Å². The van der Waals surface area contributed by atoms with Crippen LogP contribution in [0.25, 0.3) is 0 Å². The molecule has 0 aliphatic carbocycles. The Morgan fingerprint density at radius 2 is 1.95 bits per heavy atom. The summed E-state index contributed by atoms with van der Waals surface area (Å²) in [5.74, 6) is 1.31. The predicted octanol–water partition coefficient (Wildman–Crippen LogP) is 2.26. The summed E-state index contributed by atoms with van der Waals surface area (Å²) in [6, 6.07) is 10.2. The number of carbonyl (C=O) groups excluding carboxylic acids is 1. The van der Waals surface area contributed by atoms with Gasteiger partial charge in [0.2, 0.25) is 6.79 Å². The third-order valence-electron chi connectivity index (χ3n) is 3.14. The minimum atomic E-state index is -0.307. The second-order valence-electron chi connectivity index (χ2n) is 4.45. The van der Waals surface area contributed by atoms with Gasteiger partial charge in [-0.3, -0.25) is 4.79 Å². The lowest BCUT2D eigenvalue weighted by molar-refractivity contribution is 0.102. The van der Waals surface area contributed by atoms with Crippen LogP contribution in [0.3, 0.4) is 0 Å². The minimum absolute atomic E-state index is 0.151. The van der Waals surface area contributed by atoms with Crippen molar-refractivity contribution in [2.75, 3.05) is 25.0 Å². The van der Waals surface area contributed by atoms with Gasteiger partial charge in [0.25, 0.3) is 5.91 Å². The highest BCUT2D eigenvalue weighted by Gasteiger charge is 2.18. The summed E-state index contributed by atoms with van der Waals surface area (Å²) in [4.78, 5) is 12.3. The first kappa shape index (κ1) is 13.1. The molecule has 108 valence electrons. The van der Waals surface area contributed by atoms with Gasteiger partial charge >= 0.3 is 0 Å². The Morgan fingerprint density at radius 1 is 1.24 bits per heavy atom. The molecule has 0 unspecified atom stereocenters. The third-order valence-corrected chi connectivity index (χ3v) is 3.14. The fraction of sp³-hybridized carbons (Fsp3) is 0.133. The summed E-state index contributed by atoms with van der Waals surface area (Å²) in [6.07, 6.45) is 0. The number of benzene rings is 2. The van der Waals surface area contributed by atoms with Crippen LogP contribution in [-0.4, -0.2) is 19.8 Å². The highest BCUT2D eigenvalue weighted by Crippen LogP contribution is 2.38. The number of fused-ring (bicyclic) bond motifs is 1. The maximum Gasteiger partial charge on any atom is 0.259 e. The number of nitrogen functional groups attached to an aromatic ring is 1. The van der Waals surface area contributed by atoms with E-state index in [0.717, 1.165) is 0 Å². The summed E-state index contributed by atoms with van der Waals surface area (Å²) in [7, 11) is 1.51. The van der Waals surface area contributed by atoms with Crippen LogP contribution in [0, 0.1) is 0 Å². The molecule has 1 amide bonds. The van der Waals surface area contributed by atoms with Crippen molar-refractivity contribution < 1.29 is 19.0 Å². The van der Waals surface area contributed by atoms with Gasteiger partial charge in [-0.15, -0.1) is 0 Å². The zero-order valence-electron chi connectivity index (χ0n) is 11.4. The summed E-state index contributed by atoms with van der Waals surface area (Å²) >= 11 is 0. The van der Waals surface area contributed by atoms with Gasteiger partial charge in [0, 0.05) is 12.1 Å². The average Bonchev–Trinajstić information content (AvgIpc) is 2.94. The molecule has 0 aromatic heterocycles. The number of amides is 1. The molecule has 3 rings (SSSR count). The van der Waals surface area contributed by atoms with E-state index in [1.54, 1.807) is 36.4 Å². The molecule has 0 radical (unpaired) electrons. The summed E-state index contributed by atoms with van der Waals surface area (Å²) in [6.45, 7) is 0.151. The molecule has 0 fully saturated rings. The number of nitrogens with two attached hydrogens (primary N) is 1. The van der Waals surface area contributed by atoms with Crippen molar-refractivity contribution in [1.82, 2.24) is 0 Å². The van der Waals surface area contributed by atoms with Crippen molar-refractivity contribution >= 4 is 17.3 Å². The molecule has 0 saturated carbocycles. The molecule has 2 aromatic carbocycles. The van der Waals surface area contributed by atoms with E-state index in [1.807, 2.05) is 0 Å². The minimum Gasteiger partial charge on any atom is -0.496 e. The average molecular weight is 286 g/mol. The van der Waals surface area contributed by atoms with Crippen LogP contribution >= 0.6 is 0 Å². The standard InChI is InChI=1S/C15H14N2O4/c1-19-12-5-3-2-4-9(12)15(18)17-11-7-14-13(6-10(11)16)20-8-21-14/h2-7H,8,16H2,1H3,(H,17,18). The molecule has 2 aromatic rings. The highest BCUT2D eigenvalue weighted by molar-refractivity contribution is 6.07. The van der Waals surface area contributed by atoms with Gasteiger partial charge in [0.1, 0.15) is 5.75 Å². The summed E-state index contributed by atoms with van der Waals surface area (Å²) < 4.78 is 15.7. The number of rotatable bonds is 3. The number of ether oxygens (including phenoxy) is 3. The Labute approximate surface area is 121 Å². The van der Waals surface area contributed by atoms with Crippen molar-refractivity contribution in [1.29, 1.82) is 0 Å². The molecular formula is C15H14N2O4. The van der Waals surface area contributed by atoms with E-state index in [1.165, 1.54) is 7.11 Å². The van der Waals surface area contributed by atoms with E-state index < -0.39 is 0 Å². The third kappa shape index (κ3) is 2.43. The molecule has 3 N–H and O–H groups in total. The summed E-state index contributed by atoms with van der Waals surface area (Å²) in [5, 5.41) is 2.75. The van der Waals surface area contributed by atoms with Gasteiger partial charge in [-0.2, -0.15) is 0 Å². The number of nitrogens with one attached hydrogen (secondary N) is 1. The number of para-hydroxylation sites is 1. The molecule has 21 heavy (non-hydrogen) atoms. The second kappa shape index (κ2) is 5.24. The van der Waals surface area contributed by atoms with Gasteiger partial charge in [0.15, 0.2) is 11.5 Å². The van der Waals surface area contributed by atoms with E-state index in [2.05, 4.69) is 5.32 Å². The lowest BCUT2D eigenvalue weighted by atomic mass is 10.1. The highest BCUT2D eigenvalue weighted by atomic mass is 16.7. The van der Waals surface area contributed by atoms with Crippen LogP contribution in [-0.2, 0) is 0 Å². The smallest absolute Gasteiger partial charge is 0.259 e. The van der Waals surface area contributed by atoms with Crippen LogP contribution in [0.15, 0.2) is 36.4 Å². The maximum absolute atomic E-state index is 12.3. The molecule has 0 bridgehead atoms. The first-order chi connectivity index (χ1) is 10.2. The second-order valence-corrected chi connectivity index (χ2v) is 4.45. The Balaban J connectivity index is 1.88. The van der Waals surface area contributed by atoms with E-state index in [4.69, 9.17) is 19.9 Å². The lowest BCUT2D eigenvalue weighted by Crippen LogP contribution is -2.14. The largest absolute Gasteiger partial charge is 0.496 e. The van der Waals surface area contributed by atoms with Crippen LogP contribution in [0.4, 0.5) is 11.4 Å². The van der Waals surface area contributed by atoms with E-state index in [0.29, 0.717) is 34.2 Å². The normalized spacial score (nSPS) is 12.0. The first-order valence-corrected chi connectivity index (χ1v) is 6.32. The molecule has 1 aliphatic rings. The number of hydrogen-bond acceptors (Lipinski definition) is 5. The van der Waals surface area contributed by atoms with E-state index >= 15 is 0 Å². The Hall–Kier alpha value is -2.89. The Bertz CT molecular complexity index is 700. The zero-order valence-corrected chi connectivity index (χ0v) is 11.4. The van der Waals surface area contributed by atoms with Crippen LogP contribution in [0.2, 0.25) is 0 Å². The number of hydrogen-bond donors (Lipinski definition) is 2. The number of carbonyl (C=O) groups is 1. The fourth-order valence-electron chi connectivity index (χ4n) is 2.09. The molecule has 0 spiro atoms. The van der Waals surface area contributed by atoms with Gasteiger partial charge in [0.05, 0.1) is 24.0 Å². The molecule has 6 nitrogen and oxygen atoms in total. The number of anilines is 2. The van der Waals surface area contributed by atoms with Gasteiger partial charge < -0.3 is 25.3 Å². The van der Waals surface area contributed by atoms with E-state index in [9.17, 15) is 4.79 Å². The predicted molar refractivity (Wildman–Crippen MR) is 77.9 cm³/mol. The maximum atomic E-state index is 12.3. The lowest BCUT2D eigenvalue weighted by Gasteiger charge is -2.11. The van der Waals surface area contributed by atoms with Gasteiger partial charge in [-0.1, -0.05) is 12.1 Å². The first-order valence-electron chi connectivity index (χ1n) is 6.32. The van der Waals surface area contributed by atoms with Crippen LogP contribution in [0.5, 0.6) is 17.2 Å². The van der Waals surface area contributed by atoms with Crippen molar-refractivity contribution in [2.45, 2.75) is 0 Å². The van der Waals surface area contributed by atoms with Crippen molar-refractivity contribution in [2.24, 2.45) is 0 Å². The molecule has 1 heterocycles. The SMILES string of the molecule is COc1ccccc1C(=O)Nc1cc2c(cc1N)OCO2. The van der Waals surface area contributed by atoms with Gasteiger partial charge in [-0.05, 0) is 12.1 Å². The van der Waals surface area contributed by atoms with Crippen molar-refractivity contribution in [3.8, 4) is 17.2 Å². The number of methoxy groups -OCH3 is 1. The summed E-state index contributed by atoms with van der Waals surface area (Å²) in [5.41, 5.74) is 7.21. The van der Waals surface area contributed by atoms with E-state index in [-0.39, 0.29) is 12.7 Å². The zero-order chi connectivity index (χ0) is 14.8. The molecular weight excluding hydrogens is 272 g/mol.